The molecule has 2 heterocycles. The van der Waals surface area contributed by atoms with Gasteiger partial charge in [-0.05, 0) is 31.1 Å². The fraction of sp³-hybridized carbons (Fsp3) is 0.714. The van der Waals surface area contributed by atoms with Crippen molar-refractivity contribution in [2.24, 2.45) is 5.92 Å². The summed E-state index contributed by atoms with van der Waals surface area (Å²) in [5.74, 6) is 0.288. The summed E-state index contributed by atoms with van der Waals surface area (Å²) in [6.45, 7) is 1.79. The summed E-state index contributed by atoms with van der Waals surface area (Å²) in [4.78, 5) is 11.6. The number of anilines is 1. The van der Waals surface area contributed by atoms with Crippen LogP contribution in [0.5, 0.6) is 0 Å². The number of carbonyl (C=O) groups is 1. The Kier molecular flexibility index (Phi) is 2.68. The van der Waals surface area contributed by atoms with E-state index in [2.05, 4.69) is 31.3 Å². The van der Waals surface area contributed by atoms with E-state index in [1.165, 1.54) is 0 Å². The predicted octanol–water partition coefficient (Wildman–Crippen LogP) is -0.862. The normalized spacial score (nSPS) is 18.0. The summed E-state index contributed by atoms with van der Waals surface area (Å²) in [5.41, 5.74) is 0. The first-order valence-electron chi connectivity index (χ1n) is 4.61. The van der Waals surface area contributed by atoms with Crippen LogP contribution in [0.25, 0.3) is 0 Å². The van der Waals surface area contributed by atoms with Gasteiger partial charge in [-0.25, -0.2) is 0 Å². The minimum Gasteiger partial charge on any atom is -0.317 e. The maximum absolute atomic E-state index is 11.6. The zero-order valence-corrected chi connectivity index (χ0v) is 7.66. The summed E-state index contributed by atoms with van der Waals surface area (Å²) >= 11 is 0. The molecule has 14 heavy (non-hydrogen) atoms. The van der Waals surface area contributed by atoms with Crippen LogP contribution in [0, 0.1) is 5.92 Å². The number of piperidine rings is 1. The van der Waals surface area contributed by atoms with Gasteiger partial charge in [0.05, 0.1) is 0 Å². The average Bonchev–Trinajstić information content (AvgIpc) is 2.72. The van der Waals surface area contributed by atoms with Crippen LogP contribution in [0.4, 0.5) is 5.95 Å². The van der Waals surface area contributed by atoms with Gasteiger partial charge in [0.25, 0.3) is 5.95 Å². The minimum atomic E-state index is -0.0205. The largest absolute Gasteiger partial charge is 0.317 e. The Labute approximate surface area is 80.6 Å². The first-order chi connectivity index (χ1) is 6.86. The Hall–Kier alpha value is -1.50. The Morgan fingerprint density at radius 1 is 1.43 bits per heavy atom. The van der Waals surface area contributed by atoms with Crippen molar-refractivity contribution in [3.63, 3.8) is 0 Å². The molecule has 0 aromatic carbocycles. The van der Waals surface area contributed by atoms with Crippen molar-refractivity contribution in [1.82, 2.24) is 25.9 Å². The standard InChI is InChI=1S/C7H12N6O/c14-6(5-1-3-8-4-2-5)9-7-10-12-13-11-7/h5,8H,1-4H2,(H2,9,10,11,12,13,14). The van der Waals surface area contributed by atoms with Crippen LogP contribution in [-0.2, 0) is 4.79 Å². The van der Waals surface area contributed by atoms with Crippen LogP contribution >= 0.6 is 0 Å². The van der Waals surface area contributed by atoms with Gasteiger partial charge in [-0.15, -0.1) is 5.10 Å². The Morgan fingerprint density at radius 3 is 2.86 bits per heavy atom. The highest BCUT2D eigenvalue weighted by atomic mass is 16.2. The van der Waals surface area contributed by atoms with Crippen molar-refractivity contribution in [2.45, 2.75) is 12.8 Å². The van der Waals surface area contributed by atoms with E-state index < -0.39 is 0 Å². The molecule has 0 aliphatic carbocycles. The third-order valence-corrected chi connectivity index (χ3v) is 2.29. The highest BCUT2D eigenvalue weighted by Crippen LogP contribution is 2.12. The fourth-order valence-electron chi connectivity index (χ4n) is 1.51. The van der Waals surface area contributed by atoms with E-state index in [-0.39, 0.29) is 17.8 Å². The van der Waals surface area contributed by atoms with E-state index in [0.29, 0.717) is 0 Å². The van der Waals surface area contributed by atoms with E-state index in [1.54, 1.807) is 0 Å². The molecule has 1 amide bonds. The second kappa shape index (κ2) is 4.14. The Morgan fingerprint density at radius 2 is 2.21 bits per heavy atom. The molecule has 1 aliphatic rings. The van der Waals surface area contributed by atoms with E-state index in [1.807, 2.05) is 0 Å². The molecular formula is C7H12N6O. The molecular weight excluding hydrogens is 184 g/mol. The van der Waals surface area contributed by atoms with Gasteiger partial charge < -0.3 is 5.32 Å². The molecule has 1 fully saturated rings. The molecule has 1 saturated heterocycles. The highest BCUT2D eigenvalue weighted by molar-refractivity contribution is 5.90. The second-order valence-corrected chi connectivity index (χ2v) is 3.25. The number of tetrazole rings is 1. The lowest BCUT2D eigenvalue weighted by molar-refractivity contribution is -0.120. The SMILES string of the molecule is O=C(Nc1nn[nH]n1)C1CCNCC1. The van der Waals surface area contributed by atoms with Crippen LogP contribution in [0.2, 0.25) is 0 Å². The fourth-order valence-corrected chi connectivity index (χ4v) is 1.51. The molecule has 76 valence electrons. The number of nitrogens with one attached hydrogen (secondary N) is 3. The lowest BCUT2D eigenvalue weighted by Gasteiger charge is -2.20. The quantitative estimate of drug-likeness (QED) is 0.572. The van der Waals surface area contributed by atoms with E-state index in [4.69, 9.17) is 0 Å². The first-order valence-corrected chi connectivity index (χ1v) is 4.61. The van der Waals surface area contributed by atoms with Gasteiger partial charge in [-0.2, -0.15) is 5.21 Å². The lowest BCUT2D eigenvalue weighted by atomic mass is 9.97. The van der Waals surface area contributed by atoms with Gasteiger partial charge in [0.15, 0.2) is 0 Å². The molecule has 0 radical (unpaired) electrons. The Bertz CT molecular complexity index is 291. The predicted molar refractivity (Wildman–Crippen MR) is 48.4 cm³/mol. The van der Waals surface area contributed by atoms with E-state index >= 15 is 0 Å². The van der Waals surface area contributed by atoms with Gasteiger partial charge in [0.2, 0.25) is 5.91 Å². The molecule has 7 nitrogen and oxygen atoms in total. The molecule has 0 bridgehead atoms. The molecule has 0 spiro atoms. The smallest absolute Gasteiger partial charge is 0.269 e. The number of aromatic amines is 1. The molecule has 3 N–H and O–H groups in total. The zero-order valence-electron chi connectivity index (χ0n) is 7.66. The number of H-pyrrole nitrogens is 1. The topological polar surface area (TPSA) is 95.6 Å². The molecule has 1 aromatic rings. The highest BCUT2D eigenvalue weighted by Gasteiger charge is 2.21. The monoisotopic (exact) mass is 196 g/mol. The molecule has 2 rings (SSSR count). The van der Waals surface area contributed by atoms with Crippen molar-refractivity contribution in [3.8, 4) is 0 Å². The van der Waals surface area contributed by atoms with Crippen molar-refractivity contribution in [2.75, 3.05) is 18.4 Å². The Balaban J connectivity index is 1.88. The van der Waals surface area contributed by atoms with Gasteiger partial charge >= 0.3 is 0 Å². The van der Waals surface area contributed by atoms with Crippen LogP contribution in [-0.4, -0.2) is 39.6 Å². The summed E-state index contributed by atoms with van der Waals surface area (Å²) in [5, 5.41) is 18.8. The van der Waals surface area contributed by atoms with Crippen molar-refractivity contribution in [3.05, 3.63) is 0 Å². The van der Waals surface area contributed by atoms with Gasteiger partial charge in [0.1, 0.15) is 0 Å². The zero-order chi connectivity index (χ0) is 9.80. The molecule has 0 saturated carbocycles. The van der Waals surface area contributed by atoms with Gasteiger partial charge in [-0.1, -0.05) is 5.10 Å². The number of carbonyl (C=O) groups excluding carboxylic acids is 1. The second-order valence-electron chi connectivity index (χ2n) is 3.25. The molecule has 0 unspecified atom stereocenters. The maximum Gasteiger partial charge on any atom is 0.269 e. The lowest BCUT2D eigenvalue weighted by Crippen LogP contribution is -2.34. The van der Waals surface area contributed by atoms with Gasteiger partial charge in [0, 0.05) is 5.92 Å². The minimum absolute atomic E-state index is 0.0205. The summed E-state index contributed by atoms with van der Waals surface area (Å²) in [7, 11) is 0. The number of rotatable bonds is 2. The average molecular weight is 196 g/mol. The van der Waals surface area contributed by atoms with Gasteiger partial charge in [-0.3, -0.25) is 10.1 Å². The molecule has 0 atom stereocenters. The summed E-state index contributed by atoms with van der Waals surface area (Å²) in [6.07, 6.45) is 1.73. The van der Waals surface area contributed by atoms with Crippen molar-refractivity contribution >= 4 is 11.9 Å². The maximum atomic E-state index is 11.6. The summed E-state index contributed by atoms with van der Waals surface area (Å²) in [6, 6.07) is 0. The van der Waals surface area contributed by atoms with Crippen molar-refractivity contribution in [1.29, 1.82) is 0 Å². The van der Waals surface area contributed by atoms with Crippen LogP contribution in [0.1, 0.15) is 12.8 Å². The number of aromatic nitrogens is 4. The molecule has 1 aliphatic heterocycles. The van der Waals surface area contributed by atoms with E-state index in [0.717, 1.165) is 25.9 Å². The van der Waals surface area contributed by atoms with E-state index in [9.17, 15) is 4.79 Å². The third-order valence-electron chi connectivity index (χ3n) is 2.29. The van der Waals surface area contributed by atoms with Crippen LogP contribution in [0.15, 0.2) is 0 Å². The third kappa shape index (κ3) is 2.05. The van der Waals surface area contributed by atoms with Crippen LogP contribution in [0.3, 0.4) is 0 Å². The van der Waals surface area contributed by atoms with Crippen molar-refractivity contribution < 1.29 is 4.79 Å². The number of hydrogen-bond acceptors (Lipinski definition) is 5. The van der Waals surface area contributed by atoms with Crippen LogP contribution < -0.4 is 10.6 Å². The molecule has 1 aromatic heterocycles. The molecule has 7 heteroatoms. The number of amides is 1. The number of hydrogen-bond donors (Lipinski definition) is 3. The summed E-state index contributed by atoms with van der Waals surface area (Å²) < 4.78 is 0. The number of nitrogens with zero attached hydrogens (tertiary/aromatic N) is 3. The first kappa shape index (κ1) is 9.07.